The number of para-hydroxylation sites is 1. The molecule has 0 atom stereocenters. The third-order valence-electron chi connectivity index (χ3n) is 4.79. The number of piperidine rings is 1. The van der Waals surface area contributed by atoms with Gasteiger partial charge >= 0.3 is 0 Å². The number of Topliss-reactive ketones (excluding diaryl/α,β-unsaturated/α-hetero) is 1. The maximum atomic E-state index is 12.9. The lowest BCUT2D eigenvalue weighted by atomic mass is 9.88. The first-order valence-electron chi connectivity index (χ1n) is 8.39. The van der Waals surface area contributed by atoms with Crippen molar-refractivity contribution in [3.63, 3.8) is 0 Å². The SMILES string of the molecule is O=C(c1c[nH]c2ccccc12)C1CCN(C(=O)c2cnccn2)CC1. The quantitative estimate of drug-likeness (QED) is 0.747. The normalized spacial score (nSPS) is 15.4. The minimum atomic E-state index is -0.119. The van der Waals surface area contributed by atoms with Crippen LogP contribution in [0.3, 0.4) is 0 Å². The molecule has 1 aliphatic rings. The van der Waals surface area contributed by atoms with Gasteiger partial charge in [-0.2, -0.15) is 0 Å². The number of carbonyl (C=O) groups excluding carboxylic acids is 2. The van der Waals surface area contributed by atoms with Crippen LogP contribution in [0.5, 0.6) is 0 Å². The van der Waals surface area contributed by atoms with E-state index in [1.54, 1.807) is 17.3 Å². The highest BCUT2D eigenvalue weighted by Crippen LogP contribution is 2.26. The largest absolute Gasteiger partial charge is 0.360 e. The van der Waals surface area contributed by atoms with Crippen LogP contribution in [0.15, 0.2) is 49.1 Å². The molecule has 3 aromatic rings. The summed E-state index contributed by atoms with van der Waals surface area (Å²) in [6.07, 6.45) is 7.67. The molecular weight excluding hydrogens is 316 g/mol. The molecule has 25 heavy (non-hydrogen) atoms. The van der Waals surface area contributed by atoms with E-state index in [2.05, 4.69) is 15.0 Å². The van der Waals surface area contributed by atoms with Crippen molar-refractivity contribution >= 4 is 22.6 Å². The van der Waals surface area contributed by atoms with Gasteiger partial charge in [0.25, 0.3) is 5.91 Å². The fraction of sp³-hybridized carbons (Fsp3) is 0.263. The standard InChI is InChI=1S/C19H18N4O2/c24-18(15-11-22-16-4-2-1-3-14(15)16)13-5-9-23(10-6-13)19(25)17-12-20-7-8-21-17/h1-4,7-8,11-13,22H,5-6,9-10H2. The Morgan fingerprint density at radius 2 is 1.92 bits per heavy atom. The lowest BCUT2D eigenvalue weighted by Gasteiger charge is -2.31. The van der Waals surface area contributed by atoms with Gasteiger partial charge in [-0.1, -0.05) is 18.2 Å². The molecule has 0 aliphatic carbocycles. The molecule has 1 aromatic carbocycles. The van der Waals surface area contributed by atoms with E-state index in [1.807, 2.05) is 24.3 Å². The van der Waals surface area contributed by atoms with E-state index in [0.29, 0.717) is 31.6 Å². The number of hydrogen-bond donors (Lipinski definition) is 1. The lowest BCUT2D eigenvalue weighted by molar-refractivity contribution is 0.0645. The number of H-pyrrole nitrogens is 1. The van der Waals surface area contributed by atoms with Gasteiger partial charge in [0.2, 0.25) is 0 Å². The zero-order chi connectivity index (χ0) is 17.2. The van der Waals surface area contributed by atoms with Crippen LogP contribution in [0, 0.1) is 5.92 Å². The summed E-state index contributed by atoms with van der Waals surface area (Å²) >= 11 is 0. The average Bonchev–Trinajstić information content (AvgIpc) is 3.12. The molecule has 2 aromatic heterocycles. The van der Waals surface area contributed by atoms with E-state index in [-0.39, 0.29) is 17.6 Å². The van der Waals surface area contributed by atoms with Crippen molar-refractivity contribution in [3.8, 4) is 0 Å². The number of carbonyl (C=O) groups is 2. The van der Waals surface area contributed by atoms with Crippen LogP contribution in [0.25, 0.3) is 10.9 Å². The van der Waals surface area contributed by atoms with E-state index in [9.17, 15) is 9.59 Å². The number of ketones is 1. The third kappa shape index (κ3) is 2.91. The Kier molecular flexibility index (Phi) is 4.01. The fourth-order valence-electron chi connectivity index (χ4n) is 3.41. The van der Waals surface area contributed by atoms with Crippen molar-refractivity contribution in [1.29, 1.82) is 0 Å². The molecule has 6 nitrogen and oxygen atoms in total. The van der Waals surface area contributed by atoms with Crippen molar-refractivity contribution in [3.05, 3.63) is 60.3 Å². The van der Waals surface area contributed by atoms with E-state index in [1.165, 1.54) is 12.4 Å². The van der Waals surface area contributed by atoms with Crippen molar-refractivity contribution in [2.24, 2.45) is 5.92 Å². The Morgan fingerprint density at radius 1 is 1.12 bits per heavy atom. The molecule has 126 valence electrons. The summed E-state index contributed by atoms with van der Waals surface area (Å²) in [5, 5.41) is 0.963. The number of aromatic nitrogens is 3. The van der Waals surface area contributed by atoms with E-state index in [0.717, 1.165) is 16.5 Å². The van der Waals surface area contributed by atoms with Gasteiger partial charge in [0.1, 0.15) is 5.69 Å². The number of aromatic amines is 1. The number of nitrogens with zero attached hydrogens (tertiary/aromatic N) is 3. The van der Waals surface area contributed by atoms with Gasteiger partial charge in [0.15, 0.2) is 5.78 Å². The van der Waals surface area contributed by atoms with E-state index < -0.39 is 0 Å². The molecule has 0 bridgehead atoms. The summed E-state index contributed by atoms with van der Waals surface area (Å²) in [4.78, 5) is 38.2. The molecule has 3 heterocycles. The minimum Gasteiger partial charge on any atom is -0.360 e. The third-order valence-corrected chi connectivity index (χ3v) is 4.79. The Morgan fingerprint density at radius 3 is 2.68 bits per heavy atom. The molecule has 0 spiro atoms. The molecule has 0 unspecified atom stereocenters. The maximum Gasteiger partial charge on any atom is 0.274 e. The molecule has 1 amide bonds. The van der Waals surface area contributed by atoms with Crippen molar-refractivity contribution in [2.45, 2.75) is 12.8 Å². The number of hydrogen-bond acceptors (Lipinski definition) is 4. The number of likely N-dealkylation sites (tertiary alicyclic amines) is 1. The Bertz CT molecular complexity index is 911. The molecule has 4 rings (SSSR count). The van der Waals surface area contributed by atoms with Gasteiger partial charge in [-0.3, -0.25) is 14.6 Å². The monoisotopic (exact) mass is 334 g/mol. The second-order valence-corrected chi connectivity index (χ2v) is 6.27. The predicted molar refractivity (Wildman–Crippen MR) is 93.3 cm³/mol. The van der Waals surface area contributed by atoms with Crippen LogP contribution < -0.4 is 0 Å². The van der Waals surface area contributed by atoms with Gasteiger partial charge in [-0.25, -0.2) is 4.98 Å². The highest BCUT2D eigenvalue weighted by molar-refractivity contribution is 6.09. The molecule has 0 radical (unpaired) electrons. The van der Waals surface area contributed by atoms with Gasteiger partial charge in [-0.05, 0) is 18.9 Å². The summed E-state index contributed by atoms with van der Waals surface area (Å²) in [5.41, 5.74) is 2.07. The predicted octanol–water partition coefficient (Wildman–Crippen LogP) is 2.69. The highest BCUT2D eigenvalue weighted by Gasteiger charge is 2.29. The van der Waals surface area contributed by atoms with Crippen LogP contribution in [0.1, 0.15) is 33.7 Å². The molecule has 1 N–H and O–H groups in total. The first-order valence-corrected chi connectivity index (χ1v) is 8.39. The minimum absolute atomic E-state index is 0.0508. The highest BCUT2D eigenvalue weighted by atomic mass is 16.2. The molecule has 1 aliphatic heterocycles. The van der Waals surface area contributed by atoms with E-state index in [4.69, 9.17) is 0 Å². The van der Waals surface area contributed by atoms with Crippen LogP contribution >= 0.6 is 0 Å². The first-order chi connectivity index (χ1) is 12.2. The zero-order valence-electron chi connectivity index (χ0n) is 13.7. The fourth-order valence-corrected chi connectivity index (χ4v) is 3.41. The summed E-state index contributed by atoms with van der Waals surface area (Å²) in [5.74, 6) is -0.0136. The van der Waals surface area contributed by atoms with Crippen LogP contribution in [0.2, 0.25) is 0 Å². The Labute approximate surface area is 144 Å². The number of benzene rings is 1. The Hall–Kier alpha value is -3.02. The molecular formula is C19H18N4O2. The average molecular weight is 334 g/mol. The second kappa shape index (κ2) is 6.47. The van der Waals surface area contributed by atoms with Gasteiger partial charge in [0.05, 0.1) is 6.20 Å². The summed E-state index contributed by atoms with van der Waals surface area (Å²) in [6.45, 7) is 1.13. The van der Waals surface area contributed by atoms with Crippen molar-refractivity contribution in [2.75, 3.05) is 13.1 Å². The number of rotatable bonds is 3. The van der Waals surface area contributed by atoms with Crippen LogP contribution in [0.4, 0.5) is 0 Å². The van der Waals surface area contributed by atoms with Crippen LogP contribution in [-0.2, 0) is 0 Å². The Balaban J connectivity index is 1.45. The summed E-state index contributed by atoms with van der Waals surface area (Å²) in [6, 6.07) is 7.82. The number of nitrogens with one attached hydrogen (secondary N) is 1. The van der Waals surface area contributed by atoms with Crippen LogP contribution in [-0.4, -0.2) is 44.6 Å². The van der Waals surface area contributed by atoms with E-state index >= 15 is 0 Å². The van der Waals surface area contributed by atoms with Gasteiger partial charge < -0.3 is 9.88 Å². The summed E-state index contributed by atoms with van der Waals surface area (Å²) < 4.78 is 0. The van der Waals surface area contributed by atoms with Crippen molar-refractivity contribution < 1.29 is 9.59 Å². The van der Waals surface area contributed by atoms with Gasteiger partial charge in [0, 0.05) is 54.1 Å². The molecule has 1 fully saturated rings. The topological polar surface area (TPSA) is 79.0 Å². The molecule has 6 heteroatoms. The zero-order valence-corrected chi connectivity index (χ0v) is 13.7. The number of amides is 1. The smallest absolute Gasteiger partial charge is 0.274 e. The first kappa shape index (κ1) is 15.5. The maximum absolute atomic E-state index is 12.9. The second-order valence-electron chi connectivity index (χ2n) is 6.27. The molecule has 0 saturated carbocycles. The molecule has 1 saturated heterocycles. The van der Waals surface area contributed by atoms with Crippen molar-refractivity contribution in [1.82, 2.24) is 19.9 Å². The van der Waals surface area contributed by atoms with Gasteiger partial charge in [-0.15, -0.1) is 0 Å². The summed E-state index contributed by atoms with van der Waals surface area (Å²) in [7, 11) is 0. The number of fused-ring (bicyclic) bond motifs is 1. The lowest BCUT2D eigenvalue weighted by Crippen LogP contribution is -2.40.